The van der Waals surface area contributed by atoms with Crippen LogP contribution in [0.15, 0.2) is 48.8 Å². The fraction of sp³-hybridized carbons (Fsp3) is 0.118. The zero-order valence-corrected chi connectivity index (χ0v) is 15.4. The Morgan fingerprint density at radius 3 is 2.41 bits per heavy atom. The molecule has 1 aromatic carbocycles. The van der Waals surface area contributed by atoms with Crippen LogP contribution in [0.2, 0.25) is 10.0 Å². The number of benzene rings is 1. The number of hydrogen-bond donors (Lipinski definition) is 2. The first-order valence-corrected chi connectivity index (χ1v) is 8.64. The molecule has 0 amide bonds. The Labute approximate surface area is 164 Å². The molecule has 0 bridgehead atoms. The first kappa shape index (κ1) is 18.8. The monoisotopic (exact) mass is 404 g/mol. The molecule has 0 unspecified atom stereocenters. The van der Waals surface area contributed by atoms with Crippen LogP contribution in [0.3, 0.4) is 0 Å². The topological polar surface area (TPSA) is 106 Å². The highest BCUT2D eigenvalue weighted by atomic mass is 35.5. The second-order valence-electron chi connectivity index (χ2n) is 5.44. The minimum absolute atomic E-state index is 0.0509. The molecule has 0 aliphatic rings. The van der Waals surface area contributed by atoms with Gasteiger partial charge in [0, 0.05) is 41.0 Å². The molecule has 0 fully saturated rings. The van der Waals surface area contributed by atoms with E-state index in [-0.39, 0.29) is 5.69 Å². The highest BCUT2D eigenvalue weighted by Crippen LogP contribution is 2.26. The summed E-state index contributed by atoms with van der Waals surface area (Å²) >= 11 is 12.1. The van der Waals surface area contributed by atoms with E-state index < -0.39 is 4.92 Å². The van der Waals surface area contributed by atoms with Crippen LogP contribution in [-0.4, -0.2) is 33.0 Å². The zero-order chi connectivity index (χ0) is 19.2. The van der Waals surface area contributed by atoms with Gasteiger partial charge >= 0.3 is 0 Å². The van der Waals surface area contributed by atoms with E-state index >= 15 is 0 Å². The van der Waals surface area contributed by atoms with Gasteiger partial charge < -0.3 is 10.6 Å². The van der Waals surface area contributed by atoms with Crippen molar-refractivity contribution >= 4 is 40.7 Å². The molecule has 0 spiro atoms. The van der Waals surface area contributed by atoms with Crippen LogP contribution in [-0.2, 0) is 0 Å². The molecule has 3 aromatic rings. The Morgan fingerprint density at radius 2 is 1.74 bits per heavy atom. The molecule has 0 atom stereocenters. The number of aromatic nitrogens is 3. The van der Waals surface area contributed by atoms with Crippen molar-refractivity contribution in [3.05, 3.63) is 69.0 Å². The van der Waals surface area contributed by atoms with E-state index in [4.69, 9.17) is 23.2 Å². The first-order chi connectivity index (χ1) is 13.0. The third kappa shape index (κ3) is 5.25. The highest BCUT2D eigenvalue weighted by Gasteiger charge is 2.06. The van der Waals surface area contributed by atoms with Crippen molar-refractivity contribution in [1.29, 1.82) is 0 Å². The molecule has 27 heavy (non-hydrogen) atoms. The van der Waals surface area contributed by atoms with Gasteiger partial charge in [-0.3, -0.25) is 10.1 Å². The summed E-state index contributed by atoms with van der Waals surface area (Å²) < 4.78 is 0. The van der Waals surface area contributed by atoms with Crippen LogP contribution in [0.5, 0.6) is 0 Å². The molecule has 3 rings (SSSR count). The number of hydrogen-bond acceptors (Lipinski definition) is 7. The minimum Gasteiger partial charge on any atom is -0.368 e. The van der Waals surface area contributed by atoms with Crippen LogP contribution in [0.4, 0.5) is 17.5 Å². The van der Waals surface area contributed by atoms with Gasteiger partial charge in [0.2, 0.25) is 5.95 Å². The van der Waals surface area contributed by atoms with Gasteiger partial charge in [0.1, 0.15) is 12.0 Å². The Morgan fingerprint density at radius 1 is 1.00 bits per heavy atom. The summed E-state index contributed by atoms with van der Waals surface area (Å²) in [5, 5.41) is 17.8. The van der Waals surface area contributed by atoms with Gasteiger partial charge in [-0.05, 0) is 30.3 Å². The Hall–Kier alpha value is -2.97. The van der Waals surface area contributed by atoms with Crippen LogP contribution in [0.1, 0.15) is 0 Å². The molecule has 0 aliphatic carbocycles. The maximum Gasteiger partial charge on any atom is 0.287 e. The summed E-state index contributed by atoms with van der Waals surface area (Å²) in [6.45, 7) is 1.06. The smallest absolute Gasteiger partial charge is 0.287 e. The van der Waals surface area contributed by atoms with E-state index in [0.717, 1.165) is 5.56 Å². The van der Waals surface area contributed by atoms with Crippen LogP contribution in [0.25, 0.3) is 11.3 Å². The maximum atomic E-state index is 10.6. The molecule has 0 saturated carbocycles. The summed E-state index contributed by atoms with van der Waals surface area (Å²) in [5.41, 5.74) is 1.44. The summed E-state index contributed by atoms with van der Waals surface area (Å²) in [6, 6.07) is 9.93. The van der Waals surface area contributed by atoms with Crippen molar-refractivity contribution in [2.24, 2.45) is 0 Å². The van der Waals surface area contributed by atoms with Gasteiger partial charge in [0.15, 0.2) is 0 Å². The third-order valence-corrected chi connectivity index (χ3v) is 3.92. The van der Waals surface area contributed by atoms with Crippen molar-refractivity contribution in [2.45, 2.75) is 0 Å². The molecule has 138 valence electrons. The Kier molecular flexibility index (Phi) is 6.00. The third-order valence-electron chi connectivity index (χ3n) is 3.49. The largest absolute Gasteiger partial charge is 0.368 e. The lowest BCUT2D eigenvalue weighted by Gasteiger charge is -2.08. The lowest BCUT2D eigenvalue weighted by atomic mass is 10.1. The first-order valence-electron chi connectivity index (χ1n) is 7.89. The molecule has 2 aromatic heterocycles. The SMILES string of the molecule is O=[N+]([O-])c1ccc(NCCNc2nccc(-c3cc(Cl)cc(Cl)c3)n2)nc1. The standard InChI is InChI=1S/C17H14Cl2N6O2/c18-12-7-11(8-13(19)9-12)15-3-4-21-17(24-15)22-6-5-20-16-2-1-14(10-23-16)25(26)27/h1-4,7-10H,5-6H2,(H,20,23)(H,21,22,24). The van der Waals surface area contributed by atoms with Gasteiger partial charge in [-0.2, -0.15) is 0 Å². The van der Waals surface area contributed by atoms with E-state index in [1.54, 1.807) is 36.5 Å². The second-order valence-corrected chi connectivity index (χ2v) is 6.31. The van der Waals surface area contributed by atoms with E-state index in [1.165, 1.54) is 12.3 Å². The number of nitro groups is 1. The fourth-order valence-corrected chi connectivity index (χ4v) is 2.80. The molecular weight excluding hydrogens is 391 g/mol. The van der Waals surface area contributed by atoms with Crippen molar-refractivity contribution < 1.29 is 4.92 Å². The van der Waals surface area contributed by atoms with Crippen molar-refractivity contribution in [3.8, 4) is 11.3 Å². The van der Waals surface area contributed by atoms with Gasteiger partial charge in [-0.15, -0.1) is 0 Å². The van der Waals surface area contributed by atoms with Gasteiger partial charge in [0.25, 0.3) is 5.69 Å². The number of nitrogens with one attached hydrogen (secondary N) is 2. The van der Waals surface area contributed by atoms with E-state index in [2.05, 4.69) is 25.6 Å². The average molecular weight is 405 g/mol. The van der Waals surface area contributed by atoms with Crippen molar-refractivity contribution in [3.63, 3.8) is 0 Å². The number of halogens is 2. The normalized spacial score (nSPS) is 10.4. The number of anilines is 2. The number of nitrogens with zero attached hydrogens (tertiary/aromatic N) is 4. The van der Waals surface area contributed by atoms with E-state index in [9.17, 15) is 10.1 Å². The van der Waals surface area contributed by atoms with Crippen LogP contribution in [0, 0.1) is 10.1 Å². The molecule has 0 aliphatic heterocycles. The predicted molar refractivity (Wildman–Crippen MR) is 105 cm³/mol. The van der Waals surface area contributed by atoms with E-state index in [1.807, 2.05) is 0 Å². The molecule has 0 radical (unpaired) electrons. The fourth-order valence-electron chi connectivity index (χ4n) is 2.27. The van der Waals surface area contributed by atoms with Crippen LogP contribution >= 0.6 is 23.2 Å². The summed E-state index contributed by atoms with van der Waals surface area (Å²) in [4.78, 5) is 22.7. The molecular formula is C17H14Cl2N6O2. The van der Waals surface area contributed by atoms with Crippen molar-refractivity contribution in [2.75, 3.05) is 23.7 Å². The molecule has 8 nitrogen and oxygen atoms in total. The van der Waals surface area contributed by atoms with Crippen molar-refractivity contribution in [1.82, 2.24) is 15.0 Å². The molecule has 2 N–H and O–H groups in total. The quantitative estimate of drug-likeness (QED) is 0.343. The van der Waals surface area contributed by atoms with Gasteiger partial charge in [-0.25, -0.2) is 15.0 Å². The Balaban J connectivity index is 1.56. The molecule has 2 heterocycles. The Bertz CT molecular complexity index is 932. The maximum absolute atomic E-state index is 10.6. The van der Waals surface area contributed by atoms with Gasteiger partial charge in [-0.1, -0.05) is 23.2 Å². The summed E-state index contributed by atoms with van der Waals surface area (Å²) in [7, 11) is 0. The summed E-state index contributed by atoms with van der Waals surface area (Å²) in [5.74, 6) is 1.01. The number of rotatable bonds is 7. The lowest BCUT2D eigenvalue weighted by Crippen LogP contribution is -2.15. The average Bonchev–Trinajstić information content (AvgIpc) is 2.65. The van der Waals surface area contributed by atoms with E-state index in [0.29, 0.717) is 40.6 Å². The molecule has 0 saturated heterocycles. The minimum atomic E-state index is -0.490. The zero-order valence-electron chi connectivity index (χ0n) is 13.9. The van der Waals surface area contributed by atoms with Crippen LogP contribution < -0.4 is 10.6 Å². The predicted octanol–water partition coefficient (Wildman–Crippen LogP) is 4.28. The highest BCUT2D eigenvalue weighted by molar-refractivity contribution is 6.35. The van der Waals surface area contributed by atoms with Gasteiger partial charge in [0.05, 0.1) is 10.6 Å². The molecule has 10 heteroatoms. The summed E-state index contributed by atoms with van der Waals surface area (Å²) in [6.07, 6.45) is 2.85. The lowest BCUT2D eigenvalue weighted by molar-refractivity contribution is -0.385. The second kappa shape index (κ2) is 8.61. The number of pyridine rings is 1.